The molecule has 0 aliphatic carbocycles. The zero-order valence-electron chi connectivity index (χ0n) is 19.6. The van der Waals surface area contributed by atoms with Crippen molar-refractivity contribution in [3.8, 4) is 16.3 Å². The summed E-state index contributed by atoms with van der Waals surface area (Å²) in [6, 6.07) is 10.3. The van der Waals surface area contributed by atoms with Crippen LogP contribution >= 0.6 is 22.9 Å². The molecule has 4 rings (SSSR count). The van der Waals surface area contributed by atoms with E-state index in [1.54, 1.807) is 25.2 Å². The highest BCUT2D eigenvalue weighted by Gasteiger charge is 2.30. The molecule has 6 nitrogen and oxygen atoms in total. The number of aromatic nitrogens is 3. The van der Waals surface area contributed by atoms with Crippen molar-refractivity contribution >= 4 is 22.9 Å². The lowest BCUT2D eigenvalue weighted by atomic mass is 10.1. The molecule has 0 saturated heterocycles. The summed E-state index contributed by atoms with van der Waals surface area (Å²) in [7, 11) is 1.57. The SMILES string of the molecule is CCCCc1nc(-c2ccc(C(F)(F)F)cc2)sc1COc1ccc(Cc2noc(=O)n2C)c(Cl)c1. The molecule has 4 aromatic rings. The van der Waals surface area contributed by atoms with Gasteiger partial charge in [0.1, 0.15) is 17.4 Å². The van der Waals surface area contributed by atoms with Crippen LogP contribution in [0, 0.1) is 0 Å². The Morgan fingerprint density at radius 1 is 1.17 bits per heavy atom. The first-order valence-corrected chi connectivity index (χ1v) is 12.4. The van der Waals surface area contributed by atoms with Gasteiger partial charge in [0, 0.05) is 24.1 Å². The molecule has 0 unspecified atom stereocenters. The molecule has 0 saturated carbocycles. The van der Waals surface area contributed by atoms with Gasteiger partial charge < -0.3 is 4.74 Å². The van der Waals surface area contributed by atoms with Gasteiger partial charge in [-0.05, 0) is 42.7 Å². The van der Waals surface area contributed by atoms with Crippen LogP contribution in [0.25, 0.3) is 10.6 Å². The molecule has 0 bridgehead atoms. The quantitative estimate of drug-likeness (QED) is 0.238. The monoisotopic (exact) mass is 537 g/mol. The summed E-state index contributed by atoms with van der Waals surface area (Å²) in [5, 5.41) is 4.87. The van der Waals surface area contributed by atoms with Crippen molar-refractivity contribution in [2.75, 3.05) is 0 Å². The fraction of sp³-hybridized carbons (Fsp3) is 0.320. The summed E-state index contributed by atoms with van der Waals surface area (Å²) in [5.41, 5.74) is 1.58. The summed E-state index contributed by atoms with van der Waals surface area (Å²) in [5.74, 6) is 0.473. The highest BCUT2D eigenvalue weighted by Crippen LogP contribution is 2.34. The third-order valence-electron chi connectivity index (χ3n) is 5.64. The van der Waals surface area contributed by atoms with E-state index in [9.17, 15) is 18.0 Å². The van der Waals surface area contributed by atoms with Crippen LogP contribution in [0.5, 0.6) is 5.75 Å². The van der Waals surface area contributed by atoms with Crippen LogP contribution in [-0.4, -0.2) is 14.7 Å². The molecule has 0 aliphatic heterocycles. The van der Waals surface area contributed by atoms with Crippen LogP contribution in [0.3, 0.4) is 0 Å². The summed E-state index contributed by atoms with van der Waals surface area (Å²) in [4.78, 5) is 17.1. The Bertz CT molecular complexity index is 1390. The minimum absolute atomic E-state index is 0.255. The number of rotatable bonds is 9. The molecule has 2 heterocycles. The first-order valence-electron chi connectivity index (χ1n) is 11.2. The molecule has 0 radical (unpaired) electrons. The van der Waals surface area contributed by atoms with Crippen LogP contribution in [-0.2, 0) is 32.7 Å². The van der Waals surface area contributed by atoms with Crippen LogP contribution in [0.1, 0.15) is 47.3 Å². The maximum atomic E-state index is 12.9. The number of aryl methyl sites for hydroxylation is 1. The maximum Gasteiger partial charge on any atom is 0.441 e. The van der Waals surface area contributed by atoms with E-state index in [1.807, 2.05) is 0 Å². The topological polar surface area (TPSA) is 70.2 Å². The van der Waals surface area contributed by atoms with E-state index in [0.717, 1.165) is 47.5 Å². The summed E-state index contributed by atoms with van der Waals surface area (Å²) < 4.78 is 50.7. The normalized spacial score (nSPS) is 11.7. The highest BCUT2D eigenvalue weighted by molar-refractivity contribution is 7.15. The number of thiazole rings is 1. The van der Waals surface area contributed by atoms with Crippen molar-refractivity contribution < 1.29 is 22.4 Å². The van der Waals surface area contributed by atoms with Crippen LogP contribution in [0.4, 0.5) is 13.2 Å². The Kier molecular flexibility index (Phi) is 7.85. The Balaban J connectivity index is 1.50. The first-order chi connectivity index (χ1) is 17.2. The van der Waals surface area contributed by atoms with Gasteiger partial charge in [0.05, 0.1) is 16.1 Å². The fourth-order valence-electron chi connectivity index (χ4n) is 3.51. The average molecular weight is 538 g/mol. The Labute approximate surface area is 214 Å². The van der Waals surface area contributed by atoms with Crippen molar-refractivity contribution in [1.29, 1.82) is 0 Å². The molecule has 0 spiro atoms. The summed E-state index contributed by atoms with van der Waals surface area (Å²) in [6.45, 7) is 2.34. The molecule has 0 N–H and O–H groups in total. The minimum atomic E-state index is -4.38. The van der Waals surface area contributed by atoms with E-state index in [2.05, 4.69) is 16.6 Å². The maximum absolute atomic E-state index is 12.9. The number of halogens is 4. The van der Waals surface area contributed by atoms with Crippen molar-refractivity contribution in [3.05, 3.63) is 85.6 Å². The third kappa shape index (κ3) is 5.99. The van der Waals surface area contributed by atoms with Crippen LogP contribution in [0.15, 0.2) is 51.8 Å². The molecule has 0 atom stereocenters. The lowest BCUT2D eigenvalue weighted by molar-refractivity contribution is -0.137. The minimum Gasteiger partial charge on any atom is -0.488 e. The molecule has 190 valence electrons. The second-order valence-corrected chi connectivity index (χ2v) is 9.70. The van der Waals surface area contributed by atoms with Gasteiger partial charge in [0.2, 0.25) is 0 Å². The fourth-order valence-corrected chi connectivity index (χ4v) is 4.78. The number of ether oxygens (including phenoxy) is 1. The number of hydrogen-bond acceptors (Lipinski definition) is 6. The Morgan fingerprint density at radius 2 is 1.92 bits per heavy atom. The van der Waals surface area contributed by atoms with Crippen molar-refractivity contribution in [1.82, 2.24) is 14.7 Å². The van der Waals surface area contributed by atoms with Crippen LogP contribution in [0.2, 0.25) is 5.02 Å². The summed E-state index contributed by atoms with van der Waals surface area (Å²) >= 11 is 7.84. The number of alkyl halides is 3. The molecular weight excluding hydrogens is 515 g/mol. The van der Waals surface area contributed by atoms with Gasteiger partial charge in [-0.25, -0.2) is 9.78 Å². The van der Waals surface area contributed by atoms with Gasteiger partial charge in [-0.1, -0.05) is 48.3 Å². The molecule has 2 aromatic carbocycles. The molecule has 0 fully saturated rings. The molecule has 0 amide bonds. The molecule has 11 heteroatoms. The highest BCUT2D eigenvalue weighted by atomic mass is 35.5. The predicted molar refractivity (Wildman–Crippen MR) is 131 cm³/mol. The largest absolute Gasteiger partial charge is 0.488 e. The van der Waals surface area contributed by atoms with E-state index in [4.69, 9.17) is 21.3 Å². The number of nitrogens with zero attached hydrogens (tertiary/aromatic N) is 3. The average Bonchev–Trinajstić information content (AvgIpc) is 3.40. The van der Waals surface area contributed by atoms with Gasteiger partial charge in [-0.2, -0.15) is 13.2 Å². The van der Waals surface area contributed by atoms with Crippen LogP contribution < -0.4 is 10.5 Å². The molecule has 2 aromatic heterocycles. The van der Waals surface area contributed by atoms with Gasteiger partial charge in [-0.15, -0.1) is 11.3 Å². The zero-order valence-corrected chi connectivity index (χ0v) is 21.1. The first kappa shape index (κ1) is 26.0. The van der Waals surface area contributed by atoms with E-state index in [-0.39, 0.29) is 6.61 Å². The van der Waals surface area contributed by atoms with Crippen molar-refractivity contribution in [2.24, 2.45) is 7.05 Å². The zero-order chi connectivity index (χ0) is 25.9. The molecular formula is C25H23ClF3N3O3S. The predicted octanol–water partition coefficient (Wildman–Crippen LogP) is 6.68. The van der Waals surface area contributed by atoms with Gasteiger partial charge in [-0.3, -0.25) is 9.09 Å². The second kappa shape index (κ2) is 10.9. The van der Waals surface area contributed by atoms with Gasteiger partial charge in [0.25, 0.3) is 0 Å². The lowest BCUT2D eigenvalue weighted by Crippen LogP contribution is -2.12. The van der Waals surface area contributed by atoms with Crippen molar-refractivity contribution in [3.63, 3.8) is 0 Å². The van der Waals surface area contributed by atoms with E-state index in [1.165, 1.54) is 28.0 Å². The number of hydrogen-bond donors (Lipinski definition) is 0. The molecule has 0 aliphatic rings. The smallest absolute Gasteiger partial charge is 0.441 e. The van der Waals surface area contributed by atoms with Gasteiger partial charge >= 0.3 is 11.9 Å². The van der Waals surface area contributed by atoms with E-state index in [0.29, 0.717) is 33.6 Å². The molecule has 36 heavy (non-hydrogen) atoms. The van der Waals surface area contributed by atoms with Gasteiger partial charge in [0.15, 0.2) is 5.82 Å². The third-order valence-corrected chi connectivity index (χ3v) is 7.11. The lowest BCUT2D eigenvalue weighted by Gasteiger charge is -2.09. The summed E-state index contributed by atoms with van der Waals surface area (Å²) in [6.07, 6.45) is -1.37. The van der Waals surface area contributed by atoms with Crippen molar-refractivity contribution in [2.45, 2.75) is 45.4 Å². The number of benzene rings is 2. The number of unbranched alkanes of at least 4 members (excludes halogenated alkanes) is 1. The van der Waals surface area contributed by atoms with E-state index < -0.39 is 17.5 Å². The Morgan fingerprint density at radius 3 is 2.53 bits per heavy atom. The van der Waals surface area contributed by atoms with E-state index >= 15 is 0 Å². The standard InChI is InChI=1S/C25H23ClF3N3O3S/c1-3-4-5-20-21(36-23(30-20)15-6-9-17(10-7-15)25(27,28)29)14-34-18-11-8-16(19(26)13-18)12-22-31-35-24(33)32(22)2/h6-11,13H,3-5,12,14H2,1-2H3. The Hall–Kier alpha value is -3.11. The second-order valence-electron chi connectivity index (χ2n) is 8.21.